The number of carbonyl (C=O) groups is 3. The van der Waals surface area contributed by atoms with E-state index in [4.69, 9.17) is 14.2 Å². The minimum atomic E-state index is -1.00. The summed E-state index contributed by atoms with van der Waals surface area (Å²) in [4.78, 5) is 38.2. The number of para-hydroxylation sites is 1. The van der Waals surface area contributed by atoms with Crippen molar-refractivity contribution in [3.05, 3.63) is 59.7 Å². The lowest BCUT2D eigenvalue weighted by Crippen LogP contribution is -2.46. The molecule has 0 fully saturated rings. The van der Waals surface area contributed by atoms with Crippen LogP contribution in [0.2, 0.25) is 0 Å². The minimum Gasteiger partial charge on any atom is -0.497 e. The lowest BCUT2D eigenvalue weighted by atomic mass is 10.0. The van der Waals surface area contributed by atoms with Crippen molar-refractivity contribution in [1.82, 2.24) is 5.32 Å². The van der Waals surface area contributed by atoms with Gasteiger partial charge in [-0.1, -0.05) is 26.0 Å². The Kier molecular flexibility index (Phi) is 8.61. The van der Waals surface area contributed by atoms with Crippen LogP contribution in [0.3, 0.4) is 0 Å². The second-order valence-electron chi connectivity index (χ2n) is 7.30. The minimum absolute atomic E-state index is 0.251. The second-order valence-corrected chi connectivity index (χ2v) is 7.30. The molecule has 0 spiro atoms. The second kappa shape index (κ2) is 11.2. The molecule has 2 rings (SSSR count). The highest BCUT2D eigenvalue weighted by molar-refractivity contribution is 6.01. The van der Waals surface area contributed by atoms with Gasteiger partial charge in [0, 0.05) is 5.56 Å². The first kappa shape index (κ1) is 23.9. The van der Waals surface area contributed by atoms with Crippen molar-refractivity contribution < 1.29 is 28.6 Å². The lowest BCUT2D eigenvalue weighted by Gasteiger charge is -2.23. The monoisotopic (exact) mass is 427 g/mol. The van der Waals surface area contributed by atoms with E-state index in [1.807, 2.05) is 6.92 Å². The number of Topliss-reactive ketones (excluding diaryl/α,β-unsaturated/α-hetero) is 1. The number of benzene rings is 2. The van der Waals surface area contributed by atoms with Crippen molar-refractivity contribution in [2.75, 3.05) is 13.7 Å². The molecule has 0 aliphatic heterocycles. The first-order chi connectivity index (χ1) is 14.8. The maximum absolute atomic E-state index is 12.8. The Bertz CT molecular complexity index is 907. The van der Waals surface area contributed by atoms with Crippen LogP contribution in [0, 0.1) is 5.92 Å². The smallest absolute Gasteiger partial charge is 0.329 e. The van der Waals surface area contributed by atoms with Gasteiger partial charge < -0.3 is 19.5 Å². The molecule has 0 aliphatic rings. The molecule has 0 radical (unpaired) electrons. The van der Waals surface area contributed by atoms with Crippen LogP contribution < -0.4 is 14.8 Å². The molecule has 1 N–H and O–H groups in total. The van der Waals surface area contributed by atoms with Gasteiger partial charge in [-0.05, 0) is 56.2 Å². The molecule has 7 nitrogen and oxygen atoms in total. The van der Waals surface area contributed by atoms with E-state index in [0.717, 1.165) is 0 Å². The molecule has 7 heteroatoms. The van der Waals surface area contributed by atoms with E-state index >= 15 is 0 Å². The number of methoxy groups -OCH3 is 1. The molecular weight excluding hydrogens is 398 g/mol. The van der Waals surface area contributed by atoms with Gasteiger partial charge >= 0.3 is 5.97 Å². The molecule has 2 aromatic carbocycles. The summed E-state index contributed by atoms with van der Waals surface area (Å²) in [6.45, 7) is 7.32. The molecule has 1 amide bonds. The number of hydrogen-bond acceptors (Lipinski definition) is 6. The van der Waals surface area contributed by atoms with Gasteiger partial charge in [-0.25, -0.2) is 4.79 Å². The molecule has 2 aromatic rings. The van der Waals surface area contributed by atoms with Gasteiger partial charge in [0.15, 0.2) is 6.10 Å². The predicted molar refractivity (Wildman–Crippen MR) is 117 cm³/mol. The molecule has 31 heavy (non-hydrogen) atoms. The van der Waals surface area contributed by atoms with Crippen LogP contribution in [0.5, 0.6) is 11.5 Å². The summed E-state index contributed by atoms with van der Waals surface area (Å²) in [7, 11) is 1.54. The third-order valence-electron chi connectivity index (χ3n) is 4.68. The van der Waals surface area contributed by atoms with Crippen LogP contribution >= 0.6 is 0 Å². The normalized spacial score (nSPS) is 12.6. The average Bonchev–Trinajstić information content (AvgIpc) is 2.77. The standard InChI is InChI=1S/C24H29NO6/c1-6-30-20-10-8-7-9-19(20)23(27)25-21(15(2)3)24(28)31-16(4)22(26)17-11-13-18(29-5)14-12-17/h7-16,21H,6H2,1-5H3,(H,25,27)/t16-,21-/m0/s1. The Morgan fingerprint density at radius 3 is 2.19 bits per heavy atom. The number of esters is 1. The highest BCUT2D eigenvalue weighted by atomic mass is 16.5. The van der Waals surface area contributed by atoms with Crippen molar-refractivity contribution in [1.29, 1.82) is 0 Å². The van der Waals surface area contributed by atoms with E-state index in [9.17, 15) is 14.4 Å². The molecule has 0 saturated heterocycles. The molecule has 0 aliphatic carbocycles. The number of carbonyl (C=O) groups excluding carboxylic acids is 3. The van der Waals surface area contributed by atoms with Crippen molar-refractivity contribution in [3.63, 3.8) is 0 Å². The molecule has 0 bridgehead atoms. The Morgan fingerprint density at radius 2 is 1.61 bits per heavy atom. The molecule has 0 aromatic heterocycles. The molecule has 2 atom stereocenters. The fraction of sp³-hybridized carbons (Fsp3) is 0.375. The molecule has 0 unspecified atom stereocenters. The summed E-state index contributed by atoms with van der Waals surface area (Å²) in [5.41, 5.74) is 0.724. The van der Waals surface area contributed by atoms with Gasteiger partial charge in [-0.15, -0.1) is 0 Å². The summed E-state index contributed by atoms with van der Waals surface area (Å²) >= 11 is 0. The molecule has 0 saturated carbocycles. The maximum Gasteiger partial charge on any atom is 0.329 e. The summed E-state index contributed by atoms with van der Waals surface area (Å²) in [6, 6.07) is 12.4. The average molecular weight is 427 g/mol. The summed E-state index contributed by atoms with van der Waals surface area (Å²) in [5.74, 6) is -0.663. The fourth-order valence-corrected chi connectivity index (χ4v) is 2.94. The van der Waals surface area contributed by atoms with Crippen LogP contribution in [0.4, 0.5) is 0 Å². The van der Waals surface area contributed by atoms with Crippen LogP contribution in [-0.2, 0) is 9.53 Å². The van der Waals surface area contributed by atoms with Gasteiger partial charge in [-0.2, -0.15) is 0 Å². The lowest BCUT2D eigenvalue weighted by molar-refractivity contribution is -0.149. The van der Waals surface area contributed by atoms with E-state index in [-0.39, 0.29) is 11.7 Å². The van der Waals surface area contributed by atoms with Crippen LogP contribution in [0.15, 0.2) is 48.5 Å². The Hall–Kier alpha value is -3.35. The topological polar surface area (TPSA) is 90.9 Å². The number of amides is 1. The fourth-order valence-electron chi connectivity index (χ4n) is 2.94. The SMILES string of the molecule is CCOc1ccccc1C(=O)N[C@H](C(=O)O[C@@H](C)C(=O)c1ccc(OC)cc1)C(C)C. The van der Waals surface area contributed by atoms with Crippen molar-refractivity contribution >= 4 is 17.7 Å². The van der Waals surface area contributed by atoms with Gasteiger partial charge in [0.2, 0.25) is 5.78 Å². The van der Waals surface area contributed by atoms with Gasteiger partial charge in [0.05, 0.1) is 19.3 Å². The first-order valence-corrected chi connectivity index (χ1v) is 10.2. The number of hydrogen-bond donors (Lipinski definition) is 1. The Labute approximate surface area is 182 Å². The largest absolute Gasteiger partial charge is 0.497 e. The van der Waals surface area contributed by atoms with Crippen molar-refractivity contribution in [2.24, 2.45) is 5.92 Å². The van der Waals surface area contributed by atoms with E-state index in [1.165, 1.54) is 14.0 Å². The van der Waals surface area contributed by atoms with E-state index < -0.39 is 24.0 Å². The summed E-state index contributed by atoms with van der Waals surface area (Å²) in [6.07, 6.45) is -1.00. The van der Waals surface area contributed by atoms with Crippen LogP contribution in [-0.4, -0.2) is 43.5 Å². The Balaban J connectivity index is 2.09. The van der Waals surface area contributed by atoms with Crippen LogP contribution in [0.1, 0.15) is 48.4 Å². The first-order valence-electron chi connectivity index (χ1n) is 10.2. The van der Waals surface area contributed by atoms with E-state index in [0.29, 0.717) is 29.2 Å². The zero-order valence-electron chi connectivity index (χ0n) is 18.5. The summed E-state index contributed by atoms with van der Waals surface area (Å²) in [5, 5.41) is 2.71. The Morgan fingerprint density at radius 1 is 0.968 bits per heavy atom. The molecular formula is C24H29NO6. The molecule has 166 valence electrons. The third-order valence-corrected chi connectivity index (χ3v) is 4.68. The quantitative estimate of drug-likeness (QED) is 0.460. The van der Waals surface area contributed by atoms with Gasteiger partial charge in [0.25, 0.3) is 5.91 Å². The number of nitrogens with one attached hydrogen (secondary N) is 1. The van der Waals surface area contributed by atoms with Gasteiger partial charge in [0.1, 0.15) is 17.5 Å². The number of ether oxygens (including phenoxy) is 3. The zero-order valence-corrected chi connectivity index (χ0v) is 18.5. The van der Waals surface area contributed by atoms with Crippen LogP contribution in [0.25, 0.3) is 0 Å². The van der Waals surface area contributed by atoms with Crippen molar-refractivity contribution in [3.8, 4) is 11.5 Å². The van der Waals surface area contributed by atoms with E-state index in [2.05, 4.69) is 5.32 Å². The highest BCUT2D eigenvalue weighted by Crippen LogP contribution is 2.19. The predicted octanol–water partition coefficient (Wildman–Crippen LogP) is 3.66. The number of rotatable bonds is 10. The van der Waals surface area contributed by atoms with E-state index in [1.54, 1.807) is 62.4 Å². The third kappa shape index (κ3) is 6.31. The highest BCUT2D eigenvalue weighted by Gasteiger charge is 2.30. The zero-order chi connectivity index (χ0) is 23.0. The van der Waals surface area contributed by atoms with Crippen molar-refractivity contribution in [2.45, 2.75) is 39.8 Å². The van der Waals surface area contributed by atoms with Gasteiger partial charge in [-0.3, -0.25) is 9.59 Å². The maximum atomic E-state index is 12.8. The summed E-state index contributed by atoms with van der Waals surface area (Å²) < 4.78 is 16.0. The molecule has 0 heterocycles. The number of ketones is 1.